The monoisotopic (exact) mass is 329 g/mol. The van der Waals surface area contributed by atoms with Gasteiger partial charge in [0.25, 0.3) is 0 Å². The number of phenolic OH excluding ortho intramolecular Hbond substituents is 1. The molecule has 0 atom stereocenters. The summed E-state index contributed by atoms with van der Waals surface area (Å²) in [6.45, 7) is 0. The number of phenols is 1. The summed E-state index contributed by atoms with van der Waals surface area (Å²) in [6.07, 6.45) is 0.490. The molecule has 0 unspecified atom stereocenters. The van der Waals surface area contributed by atoms with Gasteiger partial charge >= 0.3 is 0 Å². The van der Waals surface area contributed by atoms with Gasteiger partial charge in [0.1, 0.15) is 5.75 Å². The minimum atomic E-state index is 0. The van der Waals surface area contributed by atoms with Crippen molar-refractivity contribution in [3.63, 3.8) is 0 Å². The third-order valence-corrected chi connectivity index (χ3v) is 1.76. The van der Waals surface area contributed by atoms with Crippen LogP contribution in [0.5, 0.6) is 5.75 Å². The number of carbonyl (C=O) groups is 1. The summed E-state index contributed by atoms with van der Waals surface area (Å²) in [5.41, 5.74) is 1.48. The van der Waals surface area contributed by atoms with Crippen molar-refractivity contribution in [2.75, 3.05) is 0 Å². The molecular formula is C8H6O2Pt. The van der Waals surface area contributed by atoms with Crippen LogP contribution in [-0.4, -0.2) is 10.9 Å². The molecule has 0 saturated carbocycles. The zero-order valence-electron chi connectivity index (χ0n) is 5.61. The van der Waals surface area contributed by atoms with Crippen LogP contribution in [0.15, 0.2) is 18.2 Å². The Labute approximate surface area is 78.5 Å². The van der Waals surface area contributed by atoms with E-state index in [0.717, 1.165) is 5.56 Å². The van der Waals surface area contributed by atoms with E-state index in [0.29, 0.717) is 12.0 Å². The van der Waals surface area contributed by atoms with Crippen molar-refractivity contribution in [3.8, 4) is 5.75 Å². The van der Waals surface area contributed by atoms with Crippen molar-refractivity contribution in [2.24, 2.45) is 0 Å². The normalized spacial score (nSPS) is 12.9. The van der Waals surface area contributed by atoms with E-state index < -0.39 is 0 Å². The first-order valence-corrected chi connectivity index (χ1v) is 3.13. The number of hydrogen-bond donors (Lipinski definition) is 1. The minimum Gasteiger partial charge on any atom is -0.507 e. The van der Waals surface area contributed by atoms with Gasteiger partial charge in [-0.25, -0.2) is 0 Å². The molecule has 0 aromatic heterocycles. The van der Waals surface area contributed by atoms with Crippen LogP contribution >= 0.6 is 0 Å². The summed E-state index contributed by atoms with van der Waals surface area (Å²) in [6, 6.07) is 5.15. The van der Waals surface area contributed by atoms with E-state index in [1.807, 2.05) is 6.07 Å². The summed E-state index contributed by atoms with van der Waals surface area (Å²) in [4.78, 5) is 10.8. The number of aromatic hydroxyl groups is 1. The van der Waals surface area contributed by atoms with Crippen LogP contribution in [0.1, 0.15) is 15.9 Å². The molecule has 0 radical (unpaired) electrons. The molecule has 0 saturated heterocycles. The van der Waals surface area contributed by atoms with Gasteiger partial charge in [-0.05, 0) is 11.6 Å². The third-order valence-electron chi connectivity index (χ3n) is 1.76. The second kappa shape index (κ2) is 2.78. The smallest absolute Gasteiger partial charge is 0.171 e. The zero-order valence-corrected chi connectivity index (χ0v) is 7.88. The number of hydrogen-bond acceptors (Lipinski definition) is 2. The van der Waals surface area contributed by atoms with E-state index in [9.17, 15) is 4.79 Å². The van der Waals surface area contributed by atoms with Crippen LogP contribution in [0, 0.1) is 0 Å². The van der Waals surface area contributed by atoms with Crippen molar-refractivity contribution in [2.45, 2.75) is 6.42 Å². The van der Waals surface area contributed by atoms with Gasteiger partial charge in [-0.1, -0.05) is 12.1 Å². The third kappa shape index (κ3) is 1.12. The van der Waals surface area contributed by atoms with E-state index in [-0.39, 0.29) is 32.6 Å². The second-order valence-corrected chi connectivity index (χ2v) is 2.41. The molecule has 1 aromatic carbocycles. The van der Waals surface area contributed by atoms with E-state index in [2.05, 4.69) is 0 Å². The Kier molecular flexibility index (Phi) is 2.14. The van der Waals surface area contributed by atoms with Crippen molar-refractivity contribution >= 4 is 5.78 Å². The number of Topliss-reactive ketones (excluding diaryl/α,β-unsaturated/α-hetero) is 1. The van der Waals surface area contributed by atoms with Crippen molar-refractivity contribution in [1.82, 2.24) is 0 Å². The van der Waals surface area contributed by atoms with Crippen LogP contribution in [0.2, 0.25) is 0 Å². The minimum absolute atomic E-state index is 0. The molecule has 60 valence electrons. The average Bonchev–Trinajstić information content (AvgIpc) is 1.85. The first-order chi connectivity index (χ1) is 4.79. The molecule has 2 nitrogen and oxygen atoms in total. The van der Waals surface area contributed by atoms with Gasteiger partial charge in [-0.3, -0.25) is 4.79 Å². The Hall–Kier alpha value is -0.622. The predicted molar refractivity (Wildman–Crippen MR) is 36.1 cm³/mol. The maximum atomic E-state index is 10.8. The molecule has 3 heteroatoms. The fraction of sp³-hybridized carbons (Fsp3) is 0.125. The fourth-order valence-electron chi connectivity index (χ4n) is 1.21. The molecule has 0 heterocycles. The molecule has 1 aliphatic carbocycles. The summed E-state index contributed by atoms with van der Waals surface area (Å²) in [5, 5.41) is 9.10. The van der Waals surface area contributed by atoms with Gasteiger partial charge in [0, 0.05) is 27.5 Å². The van der Waals surface area contributed by atoms with Crippen LogP contribution < -0.4 is 0 Å². The molecule has 2 rings (SSSR count). The van der Waals surface area contributed by atoms with E-state index in [1.54, 1.807) is 6.07 Å². The Bertz CT molecular complexity index is 293. The van der Waals surface area contributed by atoms with Gasteiger partial charge < -0.3 is 5.11 Å². The second-order valence-electron chi connectivity index (χ2n) is 2.41. The molecule has 0 amide bonds. The summed E-state index contributed by atoms with van der Waals surface area (Å²) < 4.78 is 0. The maximum absolute atomic E-state index is 10.8. The Morgan fingerprint density at radius 2 is 2.09 bits per heavy atom. The SMILES string of the molecule is O=C1Cc2cccc(O)c21.[Pt]. The Balaban J connectivity index is 0.000000605. The van der Waals surface area contributed by atoms with Crippen LogP contribution in [-0.2, 0) is 27.5 Å². The van der Waals surface area contributed by atoms with Gasteiger partial charge in [-0.2, -0.15) is 0 Å². The van der Waals surface area contributed by atoms with Gasteiger partial charge in [0.2, 0.25) is 0 Å². The average molecular weight is 329 g/mol. The number of rotatable bonds is 0. The van der Waals surface area contributed by atoms with E-state index in [1.165, 1.54) is 6.07 Å². The van der Waals surface area contributed by atoms with Crippen molar-refractivity contribution in [3.05, 3.63) is 29.3 Å². The van der Waals surface area contributed by atoms with Crippen LogP contribution in [0.3, 0.4) is 0 Å². The number of fused-ring (bicyclic) bond motifs is 1. The van der Waals surface area contributed by atoms with Gasteiger partial charge in [0.15, 0.2) is 5.78 Å². The molecular weight excluding hydrogens is 323 g/mol. The van der Waals surface area contributed by atoms with Crippen molar-refractivity contribution in [1.29, 1.82) is 0 Å². The molecule has 1 aliphatic rings. The predicted octanol–water partition coefficient (Wildman–Crippen LogP) is 1.13. The summed E-state index contributed by atoms with van der Waals surface area (Å²) in [7, 11) is 0. The number of ketones is 1. The van der Waals surface area contributed by atoms with Crippen LogP contribution in [0.25, 0.3) is 0 Å². The maximum Gasteiger partial charge on any atom is 0.171 e. The topological polar surface area (TPSA) is 37.3 Å². The Morgan fingerprint density at radius 1 is 1.36 bits per heavy atom. The van der Waals surface area contributed by atoms with Gasteiger partial charge in [0.05, 0.1) is 5.56 Å². The molecule has 0 spiro atoms. The van der Waals surface area contributed by atoms with Gasteiger partial charge in [-0.15, -0.1) is 0 Å². The largest absolute Gasteiger partial charge is 0.507 e. The molecule has 0 fully saturated rings. The fourth-order valence-corrected chi connectivity index (χ4v) is 1.21. The summed E-state index contributed by atoms with van der Waals surface area (Å²) >= 11 is 0. The molecule has 1 N–H and O–H groups in total. The molecule has 0 aliphatic heterocycles. The molecule has 0 bridgehead atoms. The van der Waals surface area contributed by atoms with Crippen molar-refractivity contribution < 1.29 is 31.0 Å². The quantitative estimate of drug-likeness (QED) is 0.775. The number of benzene rings is 1. The standard InChI is InChI=1S/C8H6O2.Pt/c9-6-3-1-2-5-4-7(10)8(5)6;/h1-3,9H,4H2;. The summed E-state index contributed by atoms with van der Waals surface area (Å²) in [5.74, 6) is 0.168. The van der Waals surface area contributed by atoms with E-state index in [4.69, 9.17) is 5.11 Å². The van der Waals surface area contributed by atoms with Crippen LogP contribution in [0.4, 0.5) is 0 Å². The zero-order chi connectivity index (χ0) is 7.14. The number of carbonyl (C=O) groups excluding carboxylic acids is 1. The molecule has 11 heavy (non-hydrogen) atoms. The Morgan fingerprint density at radius 3 is 2.55 bits per heavy atom. The first-order valence-electron chi connectivity index (χ1n) is 3.13. The first kappa shape index (κ1) is 8.47. The molecule has 1 aromatic rings. The van der Waals surface area contributed by atoms with E-state index >= 15 is 0 Å².